The van der Waals surface area contributed by atoms with Gasteiger partial charge in [-0.25, -0.2) is 0 Å². The number of benzene rings is 1. The minimum absolute atomic E-state index is 0.802. The highest BCUT2D eigenvalue weighted by Crippen LogP contribution is 2.19. The summed E-state index contributed by atoms with van der Waals surface area (Å²) < 4.78 is 10.8. The van der Waals surface area contributed by atoms with Crippen molar-refractivity contribution in [3.63, 3.8) is 0 Å². The summed E-state index contributed by atoms with van der Waals surface area (Å²) in [5.74, 6) is 2.47. The van der Waals surface area contributed by atoms with Crippen LogP contribution < -0.4 is 9.47 Å². The maximum atomic E-state index is 5.72. The molecule has 0 heterocycles. The molecule has 0 aromatic heterocycles. The van der Waals surface area contributed by atoms with Crippen molar-refractivity contribution in [3.8, 4) is 11.5 Å². The van der Waals surface area contributed by atoms with Gasteiger partial charge >= 0.3 is 0 Å². The van der Waals surface area contributed by atoms with E-state index in [0.29, 0.717) is 0 Å². The van der Waals surface area contributed by atoms with Gasteiger partial charge in [-0.2, -0.15) is 0 Å². The number of allylic oxidation sites excluding steroid dienone is 5. The van der Waals surface area contributed by atoms with Crippen molar-refractivity contribution in [1.82, 2.24) is 0 Å². The molecule has 0 N–H and O–H groups in total. The molecule has 0 radical (unpaired) electrons. The fourth-order valence-corrected chi connectivity index (χ4v) is 1.64. The Hall–Kier alpha value is -1.96. The van der Waals surface area contributed by atoms with Crippen LogP contribution >= 0.6 is 0 Å². The lowest BCUT2D eigenvalue weighted by Crippen LogP contribution is -1.91. The number of methoxy groups -OCH3 is 1. The zero-order chi connectivity index (χ0) is 14.3. The third-order valence-electron chi connectivity index (χ3n) is 2.79. The highest BCUT2D eigenvalue weighted by molar-refractivity contribution is 5.33. The monoisotopic (exact) mass is 258 g/mol. The first kappa shape index (κ1) is 15.1. The molecule has 0 saturated carbocycles. The Morgan fingerprint density at radius 2 is 1.68 bits per heavy atom. The molecule has 0 aliphatic carbocycles. The van der Waals surface area contributed by atoms with Crippen molar-refractivity contribution >= 4 is 0 Å². The summed E-state index contributed by atoms with van der Waals surface area (Å²) in [6.07, 6.45) is 5.00. The number of ether oxygens (including phenoxy) is 2. The van der Waals surface area contributed by atoms with E-state index in [2.05, 4.69) is 19.6 Å². The Balaban J connectivity index is 2.72. The maximum absolute atomic E-state index is 5.72. The molecule has 0 saturated heterocycles. The van der Waals surface area contributed by atoms with Crippen molar-refractivity contribution in [3.05, 3.63) is 59.9 Å². The Morgan fingerprint density at radius 1 is 1.11 bits per heavy atom. The zero-order valence-electron chi connectivity index (χ0n) is 12.2. The molecular weight excluding hydrogens is 236 g/mol. The minimum atomic E-state index is 0.802. The average Bonchev–Trinajstić information content (AvgIpc) is 2.40. The lowest BCUT2D eigenvalue weighted by molar-refractivity contribution is 0.408. The van der Waals surface area contributed by atoms with Crippen molar-refractivity contribution in [2.24, 2.45) is 0 Å². The highest BCUT2D eigenvalue weighted by Gasteiger charge is 1.97. The first-order valence-corrected chi connectivity index (χ1v) is 6.42. The van der Waals surface area contributed by atoms with Crippen molar-refractivity contribution in [1.29, 1.82) is 0 Å². The smallest absolute Gasteiger partial charge is 0.127 e. The second-order valence-electron chi connectivity index (χ2n) is 4.38. The Bertz CT molecular complexity index is 478. The van der Waals surface area contributed by atoms with Gasteiger partial charge in [-0.15, -0.1) is 0 Å². The van der Waals surface area contributed by atoms with E-state index in [0.717, 1.165) is 29.3 Å². The molecule has 0 atom stereocenters. The van der Waals surface area contributed by atoms with Crippen LogP contribution in [-0.4, -0.2) is 7.11 Å². The normalized spacial score (nSPS) is 12.2. The van der Waals surface area contributed by atoms with E-state index in [4.69, 9.17) is 9.47 Å². The molecular formula is C17H22O2. The summed E-state index contributed by atoms with van der Waals surface area (Å²) in [6, 6.07) is 7.53. The molecule has 0 bridgehead atoms. The van der Waals surface area contributed by atoms with E-state index in [1.54, 1.807) is 7.11 Å². The van der Waals surface area contributed by atoms with Gasteiger partial charge in [-0.05, 0) is 56.2 Å². The Morgan fingerprint density at radius 3 is 2.16 bits per heavy atom. The Kier molecular flexibility index (Phi) is 5.94. The summed E-state index contributed by atoms with van der Waals surface area (Å²) >= 11 is 0. The Labute approximate surface area is 116 Å². The van der Waals surface area contributed by atoms with Crippen LogP contribution in [0.15, 0.2) is 59.9 Å². The summed E-state index contributed by atoms with van der Waals surface area (Å²) in [5.41, 5.74) is 2.33. The van der Waals surface area contributed by atoms with Crippen LogP contribution in [0.3, 0.4) is 0 Å². The fourth-order valence-electron chi connectivity index (χ4n) is 1.64. The molecule has 2 nitrogen and oxygen atoms in total. The van der Waals surface area contributed by atoms with Gasteiger partial charge in [-0.1, -0.05) is 25.2 Å². The first-order valence-electron chi connectivity index (χ1n) is 6.42. The summed E-state index contributed by atoms with van der Waals surface area (Å²) in [5, 5.41) is 0. The second-order valence-corrected chi connectivity index (χ2v) is 4.38. The minimum Gasteiger partial charge on any atom is -0.497 e. The number of rotatable bonds is 6. The van der Waals surface area contributed by atoms with Crippen molar-refractivity contribution in [2.45, 2.75) is 27.2 Å². The van der Waals surface area contributed by atoms with Crippen LogP contribution in [0.2, 0.25) is 0 Å². The highest BCUT2D eigenvalue weighted by atomic mass is 16.5. The SMILES string of the molecule is C=C(C)/C(=C\C=C(/C)Oc1ccc(OC)cc1)CC. The van der Waals surface area contributed by atoms with Crippen LogP contribution in [0.5, 0.6) is 11.5 Å². The van der Waals surface area contributed by atoms with Crippen LogP contribution in [0, 0.1) is 0 Å². The average molecular weight is 258 g/mol. The van der Waals surface area contributed by atoms with E-state index in [-0.39, 0.29) is 0 Å². The van der Waals surface area contributed by atoms with Gasteiger partial charge in [0.1, 0.15) is 17.3 Å². The molecule has 0 fully saturated rings. The van der Waals surface area contributed by atoms with Gasteiger partial charge in [0.25, 0.3) is 0 Å². The zero-order valence-corrected chi connectivity index (χ0v) is 12.2. The lowest BCUT2D eigenvalue weighted by Gasteiger charge is -2.07. The lowest BCUT2D eigenvalue weighted by atomic mass is 10.1. The summed E-state index contributed by atoms with van der Waals surface area (Å²) in [6.45, 7) is 10.0. The number of hydrogen-bond donors (Lipinski definition) is 0. The van der Waals surface area contributed by atoms with Crippen LogP contribution in [0.4, 0.5) is 0 Å². The van der Waals surface area contributed by atoms with Gasteiger partial charge in [0, 0.05) is 0 Å². The molecule has 19 heavy (non-hydrogen) atoms. The molecule has 2 heteroatoms. The molecule has 0 spiro atoms. The van der Waals surface area contributed by atoms with Gasteiger partial charge in [0.15, 0.2) is 0 Å². The van der Waals surface area contributed by atoms with Crippen molar-refractivity contribution < 1.29 is 9.47 Å². The van der Waals surface area contributed by atoms with Crippen LogP contribution in [0.1, 0.15) is 27.2 Å². The predicted octanol–water partition coefficient (Wildman–Crippen LogP) is 4.89. The van der Waals surface area contributed by atoms with Crippen LogP contribution in [-0.2, 0) is 0 Å². The van der Waals surface area contributed by atoms with Gasteiger partial charge in [-0.3, -0.25) is 0 Å². The molecule has 0 unspecified atom stereocenters. The van der Waals surface area contributed by atoms with Crippen LogP contribution in [0.25, 0.3) is 0 Å². The van der Waals surface area contributed by atoms with E-state index in [9.17, 15) is 0 Å². The van der Waals surface area contributed by atoms with Crippen molar-refractivity contribution in [2.75, 3.05) is 7.11 Å². The van der Waals surface area contributed by atoms with E-state index in [1.807, 2.05) is 44.2 Å². The van der Waals surface area contributed by atoms with E-state index >= 15 is 0 Å². The largest absolute Gasteiger partial charge is 0.497 e. The standard InChI is InChI=1S/C17H22O2/c1-6-15(13(2)3)8-7-14(4)19-17-11-9-16(18-5)10-12-17/h7-12H,2,6H2,1,3-5H3/b14-7+,15-8-. The molecule has 102 valence electrons. The molecule has 1 aromatic rings. The third kappa shape index (κ3) is 5.04. The van der Waals surface area contributed by atoms with E-state index < -0.39 is 0 Å². The molecule has 1 aromatic carbocycles. The van der Waals surface area contributed by atoms with E-state index in [1.165, 1.54) is 5.57 Å². The summed E-state index contributed by atoms with van der Waals surface area (Å²) in [4.78, 5) is 0. The first-order chi connectivity index (χ1) is 9.06. The predicted molar refractivity (Wildman–Crippen MR) is 80.6 cm³/mol. The molecule has 0 aliphatic heterocycles. The van der Waals surface area contributed by atoms with Gasteiger partial charge in [0.05, 0.1) is 7.11 Å². The quantitative estimate of drug-likeness (QED) is 0.534. The molecule has 0 aliphatic rings. The molecule has 1 rings (SSSR count). The number of hydrogen-bond acceptors (Lipinski definition) is 2. The maximum Gasteiger partial charge on any atom is 0.127 e. The molecule has 0 amide bonds. The summed E-state index contributed by atoms with van der Waals surface area (Å²) in [7, 11) is 1.65. The fraction of sp³-hybridized carbons (Fsp3) is 0.294. The van der Waals surface area contributed by atoms with Gasteiger partial charge in [0.2, 0.25) is 0 Å². The second kappa shape index (κ2) is 7.47. The van der Waals surface area contributed by atoms with Gasteiger partial charge < -0.3 is 9.47 Å². The topological polar surface area (TPSA) is 18.5 Å². The third-order valence-corrected chi connectivity index (χ3v) is 2.79.